The molecule has 1 atom stereocenters. The summed E-state index contributed by atoms with van der Waals surface area (Å²) in [7, 11) is 0. The molecule has 0 bridgehead atoms. The van der Waals surface area contributed by atoms with E-state index in [0.717, 1.165) is 0 Å². The molecule has 0 amide bonds. The topological polar surface area (TPSA) is 0 Å². The van der Waals surface area contributed by atoms with Gasteiger partial charge in [0.05, 0.1) is 0 Å². The minimum atomic E-state index is -4.58. The second kappa shape index (κ2) is 3.18. The smallest absolute Gasteiger partial charge is 0.240 e. The average molecular weight is 222 g/mol. The normalized spacial score (nSPS) is 17.7. The van der Waals surface area contributed by atoms with Gasteiger partial charge in [-0.3, -0.25) is 0 Å². The summed E-state index contributed by atoms with van der Waals surface area (Å²) < 4.78 is 62.3. The molecule has 2 rings (SSSR count). The van der Waals surface area contributed by atoms with Gasteiger partial charge in [-0.15, -0.1) is 0 Å². The summed E-state index contributed by atoms with van der Waals surface area (Å²) in [6.45, 7) is 0. The molecule has 0 nitrogen and oxygen atoms in total. The minimum absolute atomic E-state index is 0.394. The molecule has 1 aliphatic carbocycles. The first kappa shape index (κ1) is 10.4. The predicted octanol–water partition coefficient (Wildman–Crippen LogP) is 3.37. The van der Waals surface area contributed by atoms with Crippen molar-refractivity contribution in [1.82, 2.24) is 0 Å². The van der Waals surface area contributed by atoms with E-state index >= 15 is 0 Å². The van der Waals surface area contributed by atoms with Gasteiger partial charge < -0.3 is 0 Å². The molecule has 1 unspecified atom stereocenters. The molecule has 0 N–H and O–H groups in total. The van der Waals surface area contributed by atoms with Gasteiger partial charge in [-0.05, 0) is 11.1 Å². The van der Waals surface area contributed by atoms with E-state index in [1.54, 1.807) is 12.1 Å². The van der Waals surface area contributed by atoms with Crippen LogP contribution in [0, 0.1) is 0 Å². The minimum Gasteiger partial charge on any atom is -0.240 e. The Morgan fingerprint density at radius 3 is 1.87 bits per heavy atom. The van der Waals surface area contributed by atoms with Gasteiger partial charge in [-0.25, -0.2) is 13.2 Å². The molecule has 1 aliphatic rings. The van der Waals surface area contributed by atoms with Crippen molar-refractivity contribution in [2.75, 3.05) is 0 Å². The first-order chi connectivity index (χ1) is 6.96. The number of halogens is 5. The van der Waals surface area contributed by atoms with E-state index in [-0.39, 0.29) is 0 Å². The average Bonchev–Trinajstić information content (AvgIpc) is 2.90. The van der Waals surface area contributed by atoms with Crippen molar-refractivity contribution in [2.45, 2.75) is 24.4 Å². The van der Waals surface area contributed by atoms with Crippen molar-refractivity contribution < 1.29 is 22.0 Å². The van der Waals surface area contributed by atoms with Crippen molar-refractivity contribution >= 4 is 0 Å². The zero-order chi connectivity index (χ0) is 11.2. The summed E-state index contributed by atoms with van der Waals surface area (Å²) in [5.41, 5.74) is 0.788. The molecule has 0 heterocycles. The SMILES string of the molecule is FC(F)C(F)(F)C(F)C1c2ccccc21. The number of hydrogen-bond donors (Lipinski definition) is 0. The second-order valence-corrected chi connectivity index (χ2v) is 3.48. The summed E-state index contributed by atoms with van der Waals surface area (Å²) in [4.78, 5) is 0. The van der Waals surface area contributed by atoms with Crippen LogP contribution >= 0.6 is 0 Å². The molecule has 0 aliphatic heterocycles. The quantitative estimate of drug-likeness (QED) is 0.688. The first-order valence-corrected chi connectivity index (χ1v) is 4.35. The largest absolute Gasteiger partial charge is 0.338 e. The Bertz CT molecular complexity index is 351. The molecule has 1 aromatic rings. The van der Waals surface area contributed by atoms with Crippen LogP contribution in [0.2, 0.25) is 0 Å². The molecule has 0 saturated carbocycles. The summed E-state index contributed by atoms with van der Waals surface area (Å²) in [5, 5.41) is 0. The van der Waals surface area contributed by atoms with Gasteiger partial charge in [0, 0.05) is 5.92 Å². The molecule has 0 radical (unpaired) electrons. The Kier molecular flexibility index (Phi) is 2.20. The Morgan fingerprint density at radius 1 is 1.00 bits per heavy atom. The number of benzene rings is 1. The van der Waals surface area contributed by atoms with Gasteiger partial charge in [0.25, 0.3) is 0 Å². The lowest BCUT2D eigenvalue weighted by Crippen LogP contribution is -2.38. The molecular formula is C10H7F5. The molecule has 0 saturated heterocycles. The highest BCUT2D eigenvalue weighted by molar-refractivity contribution is 5.54. The van der Waals surface area contributed by atoms with E-state index in [0.29, 0.717) is 11.1 Å². The van der Waals surface area contributed by atoms with Crippen LogP contribution in [0.25, 0.3) is 0 Å². The van der Waals surface area contributed by atoms with E-state index < -0.39 is 24.4 Å². The van der Waals surface area contributed by atoms with E-state index in [2.05, 4.69) is 0 Å². The Hall–Kier alpha value is -1.13. The Balaban J connectivity index is 2.16. The lowest BCUT2D eigenvalue weighted by molar-refractivity contribution is -0.171. The van der Waals surface area contributed by atoms with Crippen LogP contribution < -0.4 is 0 Å². The summed E-state index contributed by atoms with van der Waals surface area (Å²) in [6, 6.07) is 6.06. The van der Waals surface area contributed by atoms with Crippen molar-refractivity contribution in [2.24, 2.45) is 0 Å². The molecule has 15 heavy (non-hydrogen) atoms. The molecule has 82 valence electrons. The van der Waals surface area contributed by atoms with E-state index in [1.807, 2.05) is 0 Å². The third kappa shape index (κ3) is 1.50. The van der Waals surface area contributed by atoms with Gasteiger partial charge >= 0.3 is 12.3 Å². The van der Waals surface area contributed by atoms with Gasteiger partial charge in [-0.1, -0.05) is 24.3 Å². The zero-order valence-electron chi connectivity index (χ0n) is 7.43. The van der Waals surface area contributed by atoms with Crippen LogP contribution in [0.3, 0.4) is 0 Å². The number of alkyl halides is 5. The van der Waals surface area contributed by atoms with E-state index in [4.69, 9.17) is 0 Å². The lowest BCUT2D eigenvalue weighted by atomic mass is 10.1. The molecule has 0 aromatic heterocycles. The van der Waals surface area contributed by atoms with Crippen molar-refractivity contribution in [3.05, 3.63) is 35.4 Å². The number of fused-ring (bicyclic) bond motifs is 1. The third-order valence-electron chi connectivity index (χ3n) is 2.53. The highest BCUT2D eigenvalue weighted by Gasteiger charge is 2.57. The van der Waals surface area contributed by atoms with Crippen molar-refractivity contribution in [3.8, 4) is 0 Å². The summed E-state index contributed by atoms with van der Waals surface area (Å²) in [5.74, 6) is -5.74. The first-order valence-electron chi connectivity index (χ1n) is 4.35. The highest BCUT2D eigenvalue weighted by atomic mass is 19.3. The Morgan fingerprint density at radius 2 is 1.47 bits per heavy atom. The van der Waals surface area contributed by atoms with Crippen LogP contribution in [-0.4, -0.2) is 18.5 Å². The Labute approximate surface area is 82.7 Å². The summed E-state index contributed by atoms with van der Waals surface area (Å²) >= 11 is 0. The molecule has 0 fully saturated rings. The van der Waals surface area contributed by atoms with E-state index in [9.17, 15) is 22.0 Å². The van der Waals surface area contributed by atoms with Gasteiger partial charge in [0.2, 0.25) is 0 Å². The van der Waals surface area contributed by atoms with Crippen LogP contribution in [0.5, 0.6) is 0 Å². The van der Waals surface area contributed by atoms with Gasteiger partial charge in [0.1, 0.15) is 0 Å². The highest BCUT2D eigenvalue weighted by Crippen LogP contribution is 2.51. The molecule has 0 spiro atoms. The van der Waals surface area contributed by atoms with Crippen molar-refractivity contribution in [3.63, 3.8) is 0 Å². The van der Waals surface area contributed by atoms with Crippen LogP contribution in [0.4, 0.5) is 22.0 Å². The molecule has 5 heteroatoms. The van der Waals surface area contributed by atoms with Gasteiger partial charge in [0.15, 0.2) is 6.17 Å². The molecule has 1 aromatic carbocycles. The zero-order valence-corrected chi connectivity index (χ0v) is 7.43. The fourth-order valence-corrected chi connectivity index (χ4v) is 1.65. The van der Waals surface area contributed by atoms with Crippen LogP contribution in [0.15, 0.2) is 24.3 Å². The fourth-order valence-electron chi connectivity index (χ4n) is 1.65. The van der Waals surface area contributed by atoms with Crippen LogP contribution in [-0.2, 0) is 0 Å². The number of hydrogen-bond acceptors (Lipinski definition) is 0. The predicted molar refractivity (Wildman–Crippen MR) is 44.1 cm³/mol. The fraction of sp³-hybridized carbons (Fsp3) is 0.400. The summed E-state index contributed by atoms with van der Waals surface area (Å²) in [6.07, 6.45) is -6.81. The van der Waals surface area contributed by atoms with Crippen LogP contribution in [0.1, 0.15) is 17.0 Å². The standard InChI is InChI=1S/C10H7F5/c11-8(10(14,15)9(12)13)7-5-3-1-2-4-6(5)7/h1-4,7-9H. The third-order valence-corrected chi connectivity index (χ3v) is 2.53. The maximum atomic E-state index is 13.2. The number of rotatable bonds is 3. The molecular weight excluding hydrogens is 215 g/mol. The maximum Gasteiger partial charge on any atom is 0.338 e. The van der Waals surface area contributed by atoms with Crippen molar-refractivity contribution in [1.29, 1.82) is 0 Å². The second-order valence-electron chi connectivity index (χ2n) is 3.48. The van der Waals surface area contributed by atoms with E-state index in [1.165, 1.54) is 12.1 Å². The maximum absolute atomic E-state index is 13.2. The van der Waals surface area contributed by atoms with Gasteiger partial charge in [-0.2, -0.15) is 8.78 Å². The lowest BCUT2D eigenvalue weighted by Gasteiger charge is -2.19. The monoisotopic (exact) mass is 222 g/mol.